The van der Waals surface area contributed by atoms with Gasteiger partial charge in [-0.2, -0.15) is 0 Å². The summed E-state index contributed by atoms with van der Waals surface area (Å²) in [6.45, 7) is 12.5. The van der Waals surface area contributed by atoms with Gasteiger partial charge in [-0.05, 0) is 112 Å². The first-order chi connectivity index (χ1) is 31.7. The summed E-state index contributed by atoms with van der Waals surface area (Å²) in [6, 6.07) is 36.2. The number of hydrogen-bond acceptors (Lipinski definition) is 10. The lowest BCUT2D eigenvalue weighted by atomic mass is 9.93. The van der Waals surface area contributed by atoms with Gasteiger partial charge < -0.3 is 37.6 Å². The van der Waals surface area contributed by atoms with Crippen LogP contribution in [0.1, 0.15) is 90.7 Å². The summed E-state index contributed by atoms with van der Waals surface area (Å²) in [5.74, 6) is -0.150. The molecule has 66 heavy (non-hydrogen) atoms. The highest BCUT2D eigenvalue weighted by Crippen LogP contribution is 2.42. The van der Waals surface area contributed by atoms with E-state index in [0.717, 1.165) is 79.9 Å². The topological polar surface area (TPSA) is 125 Å². The largest absolute Gasteiger partial charge is 0.453 e. The number of hydrogen-bond donors (Lipinski definition) is 0. The molecule has 0 bridgehead atoms. The van der Waals surface area contributed by atoms with E-state index in [1.165, 1.54) is 0 Å². The van der Waals surface area contributed by atoms with Gasteiger partial charge in [0.05, 0.1) is 34.2 Å². The number of aromatic nitrogens is 4. The molecule has 3 fully saturated rings. The van der Waals surface area contributed by atoms with Crippen molar-refractivity contribution in [3.8, 4) is 22.5 Å². The highest BCUT2D eigenvalue weighted by atomic mass is 16.8. The van der Waals surface area contributed by atoms with Crippen molar-refractivity contribution in [2.45, 2.75) is 116 Å². The zero-order valence-electron chi connectivity index (χ0n) is 38.6. The number of benzene rings is 5. The Labute approximate surface area is 384 Å². The molecular weight excluding hydrogens is 833 g/mol. The molecule has 5 aromatic carbocycles. The summed E-state index contributed by atoms with van der Waals surface area (Å²) in [7, 11) is 2.07. The van der Waals surface area contributed by atoms with Gasteiger partial charge >= 0.3 is 5.97 Å². The minimum Gasteiger partial charge on any atom is -0.453 e. The van der Waals surface area contributed by atoms with Crippen LogP contribution in [0.4, 0.5) is 0 Å². The van der Waals surface area contributed by atoms with Gasteiger partial charge in [0.2, 0.25) is 0 Å². The molecule has 5 atom stereocenters. The Morgan fingerprint density at radius 2 is 1.52 bits per heavy atom. The first-order valence-electron chi connectivity index (χ1n) is 23.0. The van der Waals surface area contributed by atoms with Crippen LogP contribution in [0.2, 0.25) is 0 Å². The SMILES string of the molecule is CCCc1nc2c(C)cc(-c3nc4ccccc4n3C)cc2n1Cc1ccc(-c2ccccc2C(=O)CCc2ccc(C(=O)OC3[C@H]([C@@H]4COC(C)(C)O4)O[C@H]4OC(C)(C)O[C@@H]34)cc2)cc1. The average Bonchev–Trinajstić information content (AvgIpc) is 4.10. The monoisotopic (exact) mass is 888 g/mol. The molecule has 0 N–H and O–H groups in total. The summed E-state index contributed by atoms with van der Waals surface area (Å²) in [6.07, 6.45) is -0.514. The molecule has 0 amide bonds. The molecule has 5 heterocycles. The molecule has 10 rings (SSSR count). The molecule has 12 nitrogen and oxygen atoms in total. The van der Waals surface area contributed by atoms with Gasteiger partial charge in [0, 0.05) is 37.6 Å². The number of rotatable bonds is 13. The lowest BCUT2D eigenvalue weighted by molar-refractivity contribution is -0.232. The molecule has 340 valence electrons. The van der Waals surface area contributed by atoms with Crippen molar-refractivity contribution in [2.75, 3.05) is 6.61 Å². The molecule has 3 saturated heterocycles. The predicted molar refractivity (Wildman–Crippen MR) is 251 cm³/mol. The first kappa shape index (κ1) is 43.9. The number of fused-ring (bicyclic) bond motifs is 3. The second-order valence-corrected chi connectivity index (χ2v) is 18.7. The second-order valence-electron chi connectivity index (χ2n) is 18.7. The van der Waals surface area contributed by atoms with E-state index in [1.54, 1.807) is 26.0 Å². The average molecular weight is 889 g/mol. The van der Waals surface area contributed by atoms with Gasteiger partial charge in [-0.25, -0.2) is 14.8 Å². The number of carbonyl (C=O) groups excluding carboxylic acids is 2. The zero-order valence-corrected chi connectivity index (χ0v) is 38.6. The molecule has 3 aliphatic rings. The molecule has 2 aromatic heterocycles. The molecule has 7 aromatic rings. The van der Waals surface area contributed by atoms with Gasteiger partial charge in [-0.15, -0.1) is 0 Å². The lowest BCUT2D eigenvalue weighted by Gasteiger charge is -2.28. The van der Waals surface area contributed by atoms with Crippen LogP contribution in [-0.4, -0.2) is 79.7 Å². The highest BCUT2D eigenvalue weighted by Gasteiger charge is 2.60. The highest BCUT2D eigenvalue weighted by molar-refractivity contribution is 6.02. The van der Waals surface area contributed by atoms with Crippen molar-refractivity contribution >= 4 is 33.8 Å². The minimum absolute atomic E-state index is 0.0452. The van der Waals surface area contributed by atoms with Gasteiger partial charge in [-0.1, -0.05) is 79.7 Å². The summed E-state index contributed by atoms with van der Waals surface area (Å²) in [4.78, 5) is 37.6. The molecular formula is C54H56N4O8. The maximum absolute atomic E-state index is 13.9. The fraction of sp³-hybridized carbons (Fsp3) is 0.370. The van der Waals surface area contributed by atoms with Crippen molar-refractivity contribution in [2.24, 2.45) is 7.05 Å². The third kappa shape index (κ3) is 8.48. The Kier molecular flexibility index (Phi) is 11.5. The van der Waals surface area contributed by atoms with Gasteiger partial charge in [0.1, 0.15) is 23.9 Å². The Morgan fingerprint density at radius 3 is 2.26 bits per heavy atom. The van der Waals surface area contributed by atoms with Crippen LogP contribution < -0.4 is 0 Å². The molecule has 1 unspecified atom stereocenters. The number of ketones is 1. The van der Waals surface area contributed by atoms with E-state index in [4.69, 9.17) is 38.4 Å². The fourth-order valence-electron chi connectivity index (χ4n) is 9.72. The van der Waals surface area contributed by atoms with E-state index in [2.05, 4.69) is 78.6 Å². The van der Waals surface area contributed by atoms with Crippen LogP contribution in [0.25, 0.3) is 44.6 Å². The fourth-order valence-corrected chi connectivity index (χ4v) is 9.72. The van der Waals surface area contributed by atoms with Crippen molar-refractivity contribution in [1.82, 2.24) is 19.1 Å². The summed E-state index contributed by atoms with van der Waals surface area (Å²) >= 11 is 0. The molecule has 3 aliphatic heterocycles. The standard InChI is InChI=1S/C54H56N4O8/c1-8-13-45-56-46-32(2)28-37(50-55-40-16-11-12-17-41(40)57(50)7)29-42(46)58(45)30-34-20-23-35(24-21-34)38-14-9-10-15-39(38)43(59)27-22-33-18-25-36(26-19-33)51(60)62-48-47(44-31-61-53(3,4)64-44)63-52-49(48)65-54(5,6)66-52/h9-12,14-21,23-26,28-29,44,47-49,52H,8,13,22,27,30-31H2,1-7H3/t44-,47-,48?,49-,52-/m0/s1. The number of imidazole rings is 2. The van der Waals surface area contributed by atoms with Crippen molar-refractivity contribution in [1.29, 1.82) is 0 Å². The van der Waals surface area contributed by atoms with Crippen LogP contribution in [-0.2, 0) is 54.9 Å². The number of nitrogens with zero attached hydrogens (tertiary/aromatic N) is 4. The molecule has 0 radical (unpaired) electrons. The number of ether oxygens (including phenoxy) is 6. The van der Waals surface area contributed by atoms with Crippen LogP contribution in [0.3, 0.4) is 0 Å². The number of aryl methyl sites for hydroxylation is 4. The van der Waals surface area contributed by atoms with E-state index in [1.807, 2.05) is 62.4 Å². The molecule has 12 heteroatoms. The molecule has 0 saturated carbocycles. The lowest BCUT2D eigenvalue weighted by Crippen LogP contribution is -2.45. The molecule has 0 spiro atoms. The van der Waals surface area contributed by atoms with Crippen LogP contribution in [0, 0.1) is 6.92 Å². The van der Waals surface area contributed by atoms with E-state index >= 15 is 0 Å². The maximum atomic E-state index is 13.9. The van der Waals surface area contributed by atoms with Gasteiger partial charge in [-0.3, -0.25) is 4.79 Å². The number of carbonyl (C=O) groups is 2. The summed E-state index contributed by atoms with van der Waals surface area (Å²) in [5, 5.41) is 0. The van der Waals surface area contributed by atoms with Crippen molar-refractivity contribution in [3.63, 3.8) is 0 Å². The Hall–Kier alpha value is -6.02. The van der Waals surface area contributed by atoms with E-state index in [0.29, 0.717) is 30.5 Å². The zero-order chi connectivity index (χ0) is 45.9. The molecule has 0 aliphatic carbocycles. The Bertz CT molecular complexity index is 2950. The van der Waals surface area contributed by atoms with Crippen molar-refractivity contribution < 1.29 is 38.0 Å². The number of esters is 1. The predicted octanol–water partition coefficient (Wildman–Crippen LogP) is 9.94. The number of para-hydroxylation sites is 2. The summed E-state index contributed by atoms with van der Waals surface area (Å²) in [5.41, 5.74) is 11.4. The van der Waals surface area contributed by atoms with E-state index in [9.17, 15) is 9.59 Å². The normalized spacial score (nSPS) is 22.0. The first-order valence-corrected chi connectivity index (χ1v) is 23.0. The Balaban J connectivity index is 0.814. The van der Waals surface area contributed by atoms with Crippen LogP contribution in [0.5, 0.6) is 0 Å². The second kappa shape index (κ2) is 17.3. The van der Waals surface area contributed by atoms with Crippen molar-refractivity contribution in [3.05, 3.63) is 143 Å². The van der Waals surface area contributed by atoms with Crippen LogP contribution in [0.15, 0.2) is 109 Å². The van der Waals surface area contributed by atoms with E-state index < -0.39 is 48.2 Å². The van der Waals surface area contributed by atoms with Crippen LogP contribution >= 0.6 is 0 Å². The Morgan fingerprint density at radius 1 is 0.773 bits per heavy atom. The summed E-state index contributed by atoms with van der Waals surface area (Å²) < 4.78 is 40.8. The third-order valence-corrected chi connectivity index (χ3v) is 13.0. The smallest absolute Gasteiger partial charge is 0.338 e. The quantitative estimate of drug-likeness (QED) is 0.0816. The van der Waals surface area contributed by atoms with Gasteiger partial charge in [0.15, 0.2) is 35.9 Å². The third-order valence-electron chi connectivity index (χ3n) is 13.0. The maximum Gasteiger partial charge on any atom is 0.338 e. The minimum atomic E-state index is -0.888. The van der Waals surface area contributed by atoms with Gasteiger partial charge in [0.25, 0.3) is 0 Å². The number of Topliss-reactive ketones (excluding diaryl/α,β-unsaturated/α-hetero) is 1. The van der Waals surface area contributed by atoms with E-state index in [-0.39, 0.29) is 12.4 Å².